The average Bonchev–Trinajstić information content (AvgIpc) is 3.16. The third kappa shape index (κ3) is 6.25. The van der Waals surface area contributed by atoms with Crippen LogP contribution in [0.2, 0.25) is 5.02 Å². The molecule has 0 radical (unpaired) electrons. The minimum Gasteiger partial charge on any atom is -0.491 e. The number of imide groups is 1. The number of hydrogen-bond donors (Lipinski definition) is 2. The zero-order chi connectivity index (χ0) is 26.2. The number of carbonyl (C=O) groups excluding carboxylic acids is 3. The van der Waals surface area contributed by atoms with Crippen LogP contribution in [0, 0.1) is 18.3 Å². The van der Waals surface area contributed by atoms with E-state index in [1.807, 2.05) is 6.92 Å². The van der Waals surface area contributed by atoms with Gasteiger partial charge in [0.05, 0.1) is 23.2 Å². The Morgan fingerprint density at radius 3 is 2.58 bits per heavy atom. The van der Waals surface area contributed by atoms with Gasteiger partial charge in [0.1, 0.15) is 18.4 Å². The van der Waals surface area contributed by atoms with Gasteiger partial charge in [0, 0.05) is 19.2 Å². The SMILES string of the molecule is C#Cc1ccc(NC(=O)[C@@H](CN2C(=O)N[C@H](c3ccc(OCCOC)cc3)C2=O)C(=C)CC)c(Cl)c1. The normalized spacial score (nSPS) is 15.7. The second kappa shape index (κ2) is 12.2. The number of nitrogens with one attached hydrogen (secondary N) is 2. The lowest BCUT2D eigenvalue weighted by molar-refractivity contribution is -0.128. The Bertz CT molecular complexity index is 1190. The Hall–Kier alpha value is -3.80. The molecule has 1 aliphatic rings. The highest BCUT2D eigenvalue weighted by Gasteiger charge is 2.41. The molecule has 2 atom stereocenters. The number of terminal acetylenes is 1. The largest absolute Gasteiger partial charge is 0.491 e. The summed E-state index contributed by atoms with van der Waals surface area (Å²) in [4.78, 5) is 40.1. The molecule has 36 heavy (non-hydrogen) atoms. The van der Waals surface area contributed by atoms with E-state index in [1.54, 1.807) is 49.6 Å². The molecule has 1 fully saturated rings. The standard InChI is InChI=1S/C27H28ClN3O5/c1-5-17(3)21(25(32)29-23-12-7-18(6-2)15-22(23)28)16-31-26(33)24(30-27(31)34)19-8-10-20(11-9-19)36-14-13-35-4/h2,7-12,15,21,24H,3,5,13-14,16H2,1,4H3,(H,29,32)(H,30,34)/t21-,24+/m0/s1. The fourth-order valence-electron chi connectivity index (χ4n) is 3.67. The number of hydrogen-bond acceptors (Lipinski definition) is 5. The molecule has 188 valence electrons. The van der Waals surface area contributed by atoms with Crippen LogP contribution in [0.3, 0.4) is 0 Å². The van der Waals surface area contributed by atoms with Crippen molar-refractivity contribution in [2.75, 3.05) is 32.2 Å². The van der Waals surface area contributed by atoms with Crippen molar-refractivity contribution in [3.05, 3.63) is 70.8 Å². The van der Waals surface area contributed by atoms with Gasteiger partial charge in [0.25, 0.3) is 5.91 Å². The number of halogens is 1. The van der Waals surface area contributed by atoms with Crippen LogP contribution >= 0.6 is 11.6 Å². The van der Waals surface area contributed by atoms with Crippen molar-refractivity contribution < 1.29 is 23.9 Å². The number of nitrogens with zero attached hydrogens (tertiary/aromatic N) is 1. The summed E-state index contributed by atoms with van der Waals surface area (Å²) in [5.41, 5.74) is 2.13. The Balaban J connectivity index is 1.73. The summed E-state index contributed by atoms with van der Waals surface area (Å²) in [6, 6.07) is 10.2. The minimum atomic E-state index is -0.866. The highest BCUT2D eigenvalue weighted by atomic mass is 35.5. The first-order valence-corrected chi connectivity index (χ1v) is 11.7. The van der Waals surface area contributed by atoms with Gasteiger partial charge in [0.2, 0.25) is 5.91 Å². The van der Waals surface area contributed by atoms with Crippen molar-refractivity contribution >= 4 is 35.1 Å². The van der Waals surface area contributed by atoms with E-state index in [4.69, 9.17) is 27.5 Å². The summed E-state index contributed by atoms with van der Waals surface area (Å²) < 4.78 is 10.5. The molecule has 1 heterocycles. The van der Waals surface area contributed by atoms with Crippen molar-refractivity contribution in [1.29, 1.82) is 0 Å². The molecule has 9 heteroatoms. The lowest BCUT2D eigenvalue weighted by atomic mass is 9.96. The van der Waals surface area contributed by atoms with Gasteiger partial charge in [-0.1, -0.05) is 48.7 Å². The summed E-state index contributed by atoms with van der Waals surface area (Å²) in [5.74, 6) is 1.38. The number of ether oxygens (including phenoxy) is 2. The second-order valence-electron chi connectivity index (χ2n) is 8.13. The number of methoxy groups -OCH3 is 1. The fourth-order valence-corrected chi connectivity index (χ4v) is 3.90. The number of benzene rings is 2. The molecule has 2 aromatic rings. The summed E-state index contributed by atoms with van der Waals surface area (Å²) >= 11 is 6.24. The maximum atomic E-state index is 13.2. The Morgan fingerprint density at radius 1 is 1.25 bits per heavy atom. The van der Waals surface area contributed by atoms with Gasteiger partial charge >= 0.3 is 6.03 Å². The molecule has 8 nitrogen and oxygen atoms in total. The predicted molar refractivity (Wildman–Crippen MR) is 138 cm³/mol. The zero-order valence-electron chi connectivity index (χ0n) is 20.2. The van der Waals surface area contributed by atoms with Crippen LogP contribution in [0.5, 0.6) is 5.75 Å². The van der Waals surface area contributed by atoms with Gasteiger partial charge < -0.3 is 20.1 Å². The highest BCUT2D eigenvalue weighted by Crippen LogP contribution is 2.28. The first-order chi connectivity index (χ1) is 17.3. The number of rotatable bonds is 11. The maximum absolute atomic E-state index is 13.2. The summed E-state index contributed by atoms with van der Waals surface area (Å²) in [6.45, 7) is 6.53. The molecule has 1 aliphatic heterocycles. The van der Waals surface area contributed by atoms with Crippen molar-refractivity contribution in [2.24, 2.45) is 5.92 Å². The first-order valence-electron chi connectivity index (χ1n) is 11.4. The molecule has 1 saturated heterocycles. The van der Waals surface area contributed by atoms with Gasteiger partial charge in [-0.25, -0.2) is 4.79 Å². The van der Waals surface area contributed by atoms with E-state index in [9.17, 15) is 14.4 Å². The van der Waals surface area contributed by atoms with Gasteiger partial charge in [0.15, 0.2) is 0 Å². The summed E-state index contributed by atoms with van der Waals surface area (Å²) in [5, 5.41) is 5.73. The Labute approximate surface area is 215 Å². The Morgan fingerprint density at radius 2 is 1.97 bits per heavy atom. The molecule has 2 aromatic carbocycles. The molecule has 0 aromatic heterocycles. The van der Waals surface area contributed by atoms with Crippen molar-refractivity contribution in [2.45, 2.75) is 19.4 Å². The van der Waals surface area contributed by atoms with Crippen molar-refractivity contribution in [1.82, 2.24) is 10.2 Å². The first kappa shape index (κ1) is 26.8. The molecule has 4 amide bonds. The van der Waals surface area contributed by atoms with Crippen LogP contribution < -0.4 is 15.4 Å². The molecule has 0 saturated carbocycles. The smallest absolute Gasteiger partial charge is 0.325 e. The molecule has 0 bridgehead atoms. The zero-order valence-corrected chi connectivity index (χ0v) is 20.9. The van der Waals surface area contributed by atoms with Crippen LogP contribution in [-0.4, -0.2) is 49.6 Å². The lowest BCUT2D eigenvalue weighted by Crippen LogP contribution is -2.40. The van der Waals surface area contributed by atoms with Crippen LogP contribution in [0.15, 0.2) is 54.6 Å². The van der Waals surface area contributed by atoms with Gasteiger partial charge in [-0.3, -0.25) is 14.5 Å². The topological polar surface area (TPSA) is 97.0 Å². The van der Waals surface area contributed by atoms with Crippen LogP contribution in [0.4, 0.5) is 10.5 Å². The second-order valence-corrected chi connectivity index (χ2v) is 8.54. The van der Waals surface area contributed by atoms with E-state index >= 15 is 0 Å². The molecule has 3 rings (SSSR count). The average molecular weight is 510 g/mol. The summed E-state index contributed by atoms with van der Waals surface area (Å²) in [6.07, 6.45) is 5.87. The van der Waals surface area contributed by atoms with Gasteiger partial charge in [-0.2, -0.15) is 0 Å². The highest BCUT2D eigenvalue weighted by molar-refractivity contribution is 6.33. The third-order valence-corrected chi connectivity index (χ3v) is 6.13. The predicted octanol–water partition coefficient (Wildman–Crippen LogP) is 4.16. The molecular weight excluding hydrogens is 482 g/mol. The van der Waals surface area contributed by atoms with E-state index in [0.717, 1.165) is 4.90 Å². The number of amides is 4. The molecule has 2 N–H and O–H groups in total. The monoisotopic (exact) mass is 509 g/mol. The fraction of sp³-hybridized carbons (Fsp3) is 0.296. The molecule has 0 unspecified atom stereocenters. The van der Waals surface area contributed by atoms with E-state index in [0.29, 0.717) is 47.8 Å². The summed E-state index contributed by atoms with van der Waals surface area (Å²) in [7, 11) is 1.59. The Kier molecular flexibility index (Phi) is 9.12. The van der Waals surface area contributed by atoms with Crippen molar-refractivity contribution in [3.63, 3.8) is 0 Å². The van der Waals surface area contributed by atoms with Crippen LogP contribution in [-0.2, 0) is 14.3 Å². The number of carbonyl (C=O) groups is 3. The van der Waals surface area contributed by atoms with Crippen LogP contribution in [0.25, 0.3) is 0 Å². The third-order valence-electron chi connectivity index (χ3n) is 5.82. The van der Waals surface area contributed by atoms with E-state index in [2.05, 4.69) is 23.1 Å². The molecule has 0 aliphatic carbocycles. The van der Waals surface area contributed by atoms with E-state index < -0.39 is 29.8 Å². The van der Waals surface area contributed by atoms with Gasteiger partial charge in [-0.15, -0.1) is 6.42 Å². The number of anilines is 1. The van der Waals surface area contributed by atoms with Crippen LogP contribution in [0.1, 0.15) is 30.5 Å². The van der Waals surface area contributed by atoms with E-state index in [1.165, 1.54) is 0 Å². The molecular formula is C27H28ClN3O5. The van der Waals surface area contributed by atoms with Gasteiger partial charge in [-0.05, 0) is 42.3 Å². The molecule has 0 spiro atoms. The quantitative estimate of drug-likeness (QED) is 0.205. The lowest BCUT2D eigenvalue weighted by Gasteiger charge is -2.23. The maximum Gasteiger partial charge on any atom is 0.325 e. The number of urea groups is 1. The van der Waals surface area contributed by atoms with Crippen molar-refractivity contribution in [3.8, 4) is 18.1 Å². The minimum absolute atomic E-state index is 0.155. The van der Waals surface area contributed by atoms with E-state index in [-0.39, 0.29) is 11.6 Å².